The summed E-state index contributed by atoms with van der Waals surface area (Å²) in [6, 6.07) is 11.9. The van der Waals surface area contributed by atoms with E-state index in [1.54, 1.807) is 7.11 Å². The molecule has 6 heteroatoms. The first-order chi connectivity index (χ1) is 13.1. The van der Waals surface area contributed by atoms with Crippen molar-refractivity contribution in [2.75, 3.05) is 13.7 Å². The Balaban J connectivity index is 2.00. The number of aldehydes is 1. The Kier molecular flexibility index (Phi) is 6.14. The lowest BCUT2D eigenvalue weighted by Gasteiger charge is -2.12. The lowest BCUT2D eigenvalue weighted by atomic mass is 9.96. The largest absolute Gasteiger partial charge is 0.496 e. The van der Waals surface area contributed by atoms with Gasteiger partial charge in [0, 0.05) is 40.0 Å². The summed E-state index contributed by atoms with van der Waals surface area (Å²) in [5.41, 5.74) is 5.58. The minimum Gasteiger partial charge on any atom is -0.496 e. The maximum atomic E-state index is 10.3. The van der Waals surface area contributed by atoms with E-state index in [1.807, 2.05) is 43.3 Å². The number of benzene rings is 2. The van der Waals surface area contributed by atoms with Gasteiger partial charge in [0.05, 0.1) is 7.11 Å². The van der Waals surface area contributed by atoms with Crippen LogP contribution in [0.3, 0.4) is 0 Å². The average Bonchev–Trinajstić information content (AvgIpc) is 2.99. The van der Waals surface area contributed by atoms with Crippen molar-refractivity contribution in [3.63, 3.8) is 0 Å². The number of ether oxygens (including phenoxy) is 1. The minimum absolute atomic E-state index is 0.385. The summed E-state index contributed by atoms with van der Waals surface area (Å²) in [7, 11) is 1.68. The molecule has 0 saturated heterocycles. The number of nitrogens with one attached hydrogen (secondary N) is 1. The molecule has 1 aromatic heterocycles. The molecule has 0 fully saturated rings. The third kappa shape index (κ3) is 4.31. The Morgan fingerprint density at radius 2 is 1.93 bits per heavy atom. The van der Waals surface area contributed by atoms with Gasteiger partial charge in [-0.25, -0.2) is 0 Å². The highest BCUT2D eigenvalue weighted by Gasteiger charge is 2.17. The zero-order valence-corrected chi connectivity index (χ0v) is 16.0. The number of nitrogens with zero attached hydrogens (tertiary/aromatic N) is 1. The molecule has 5 nitrogen and oxygen atoms in total. The summed E-state index contributed by atoms with van der Waals surface area (Å²) in [6.07, 6.45) is 3.08. The second-order valence-electron chi connectivity index (χ2n) is 6.17. The van der Waals surface area contributed by atoms with Gasteiger partial charge in [-0.15, -0.1) is 0 Å². The van der Waals surface area contributed by atoms with Crippen LogP contribution in [-0.2, 0) is 22.5 Å². The zero-order valence-electron chi connectivity index (χ0n) is 15.3. The van der Waals surface area contributed by atoms with E-state index >= 15 is 0 Å². The summed E-state index contributed by atoms with van der Waals surface area (Å²) in [5, 5.41) is 5.45. The number of hydrogen-bond donors (Lipinski definition) is 1. The first-order valence-corrected chi connectivity index (χ1v) is 9.02. The topological polar surface area (TPSA) is 63.7 Å². The van der Waals surface area contributed by atoms with Gasteiger partial charge in [0.2, 0.25) is 0 Å². The molecular formula is C21H21ClN2O3. The van der Waals surface area contributed by atoms with Gasteiger partial charge >= 0.3 is 0 Å². The molecule has 3 rings (SSSR count). The summed E-state index contributed by atoms with van der Waals surface area (Å²) >= 11 is 6.01. The first kappa shape index (κ1) is 19.0. The molecule has 1 N–H and O–H groups in total. The summed E-state index contributed by atoms with van der Waals surface area (Å²) < 4.78 is 5.64. The number of aromatic amines is 1. The number of halogens is 1. The molecule has 0 aliphatic heterocycles. The number of carbonyl (C=O) groups is 1. The first-order valence-electron chi connectivity index (χ1n) is 8.64. The summed E-state index contributed by atoms with van der Waals surface area (Å²) in [5.74, 6) is 0.845. The van der Waals surface area contributed by atoms with Crippen LogP contribution >= 0.6 is 11.6 Å². The van der Waals surface area contributed by atoms with Crippen molar-refractivity contribution in [1.29, 1.82) is 0 Å². The van der Waals surface area contributed by atoms with Gasteiger partial charge in [-0.3, -0.25) is 4.79 Å². The van der Waals surface area contributed by atoms with Crippen molar-refractivity contribution < 1.29 is 14.4 Å². The molecular weight excluding hydrogens is 364 g/mol. The van der Waals surface area contributed by atoms with Crippen LogP contribution in [0.1, 0.15) is 22.4 Å². The lowest BCUT2D eigenvalue weighted by molar-refractivity contribution is -0.102. The van der Waals surface area contributed by atoms with Crippen LogP contribution in [0.15, 0.2) is 41.6 Å². The number of fused-ring (bicyclic) bond motifs is 1. The monoisotopic (exact) mass is 384 g/mol. The number of H-pyrrole nitrogens is 1. The highest BCUT2D eigenvalue weighted by molar-refractivity contribution is 6.30. The summed E-state index contributed by atoms with van der Waals surface area (Å²) in [4.78, 5) is 18.9. The Morgan fingerprint density at radius 3 is 2.63 bits per heavy atom. The van der Waals surface area contributed by atoms with Crippen LogP contribution in [0.25, 0.3) is 10.9 Å². The van der Waals surface area contributed by atoms with Crippen molar-refractivity contribution in [3.05, 3.63) is 63.8 Å². The average molecular weight is 385 g/mol. The molecule has 0 unspecified atom stereocenters. The van der Waals surface area contributed by atoms with Gasteiger partial charge in [-0.2, -0.15) is 0 Å². The van der Waals surface area contributed by atoms with E-state index in [0.29, 0.717) is 19.3 Å². The normalized spacial score (nSPS) is 11.2. The van der Waals surface area contributed by atoms with E-state index in [4.69, 9.17) is 21.2 Å². The second kappa shape index (κ2) is 8.73. The third-order valence-electron chi connectivity index (χ3n) is 4.50. The lowest BCUT2D eigenvalue weighted by Crippen LogP contribution is -1.99. The highest BCUT2D eigenvalue weighted by Crippen LogP contribution is 2.34. The molecule has 140 valence electrons. The number of aromatic nitrogens is 1. The SMILES string of the molecule is COc1ccc2[nH]c(C)c(CCON=CC=O)c2c1Cc1ccc(Cl)cc1. The van der Waals surface area contributed by atoms with Crippen molar-refractivity contribution in [1.82, 2.24) is 4.98 Å². The van der Waals surface area contributed by atoms with E-state index < -0.39 is 0 Å². The second-order valence-corrected chi connectivity index (χ2v) is 6.61. The number of aryl methyl sites for hydroxylation is 1. The Hall–Kier alpha value is -2.79. The standard InChI is InChI=1S/C21H21ClN2O3/c1-14-17(9-12-27-23-10-11-25)21-18(13-15-3-5-16(22)6-4-15)20(26-2)8-7-19(21)24-14/h3-8,10-11,24H,9,12-13H2,1-2H3. The molecule has 0 spiro atoms. The molecule has 0 saturated carbocycles. The number of carbonyl (C=O) groups excluding carboxylic acids is 1. The molecule has 3 aromatic rings. The van der Waals surface area contributed by atoms with Gasteiger partial charge in [0.15, 0.2) is 6.29 Å². The fraction of sp³-hybridized carbons (Fsp3) is 0.238. The molecule has 0 aliphatic rings. The smallest absolute Gasteiger partial charge is 0.164 e. The fourth-order valence-electron chi connectivity index (χ4n) is 3.30. The van der Waals surface area contributed by atoms with Crippen molar-refractivity contribution in [2.45, 2.75) is 19.8 Å². The van der Waals surface area contributed by atoms with Gasteiger partial charge < -0.3 is 14.6 Å². The van der Waals surface area contributed by atoms with E-state index in [1.165, 1.54) is 0 Å². The van der Waals surface area contributed by atoms with E-state index in [9.17, 15) is 4.79 Å². The van der Waals surface area contributed by atoms with Gasteiger partial charge in [-0.05, 0) is 42.3 Å². The molecule has 2 aromatic carbocycles. The van der Waals surface area contributed by atoms with Crippen molar-refractivity contribution in [3.8, 4) is 5.75 Å². The van der Waals surface area contributed by atoms with E-state index in [-0.39, 0.29) is 0 Å². The number of rotatable bonds is 8. The molecule has 0 bridgehead atoms. The quantitative estimate of drug-likeness (QED) is 0.269. The minimum atomic E-state index is 0.385. The van der Waals surface area contributed by atoms with Crippen LogP contribution in [-0.4, -0.2) is 31.2 Å². The predicted molar refractivity (Wildman–Crippen MR) is 108 cm³/mol. The third-order valence-corrected chi connectivity index (χ3v) is 4.75. The van der Waals surface area contributed by atoms with Gasteiger partial charge in [0.1, 0.15) is 18.6 Å². The number of oxime groups is 1. The summed E-state index contributed by atoms with van der Waals surface area (Å²) in [6.45, 7) is 2.43. The van der Waals surface area contributed by atoms with Crippen LogP contribution in [0.2, 0.25) is 5.02 Å². The molecule has 0 amide bonds. The van der Waals surface area contributed by atoms with Gasteiger partial charge in [-0.1, -0.05) is 28.9 Å². The number of hydrogen-bond acceptors (Lipinski definition) is 4. The fourth-order valence-corrected chi connectivity index (χ4v) is 3.42. The maximum Gasteiger partial charge on any atom is 0.164 e. The van der Waals surface area contributed by atoms with Crippen LogP contribution in [0.4, 0.5) is 0 Å². The molecule has 0 radical (unpaired) electrons. The Bertz CT molecular complexity index is 962. The predicted octanol–water partition coefficient (Wildman–Crippen LogP) is 4.47. The molecule has 0 atom stereocenters. The molecule has 1 heterocycles. The maximum absolute atomic E-state index is 10.3. The highest BCUT2D eigenvalue weighted by atomic mass is 35.5. The van der Waals surface area contributed by atoms with Crippen LogP contribution in [0, 0.1) is 6.92 Å². The molecule has 27 heavy (non-hydrogen) atoms. The zero-order chi connectivity index (χ0) is 19.2. The van der Waals surface area contributed by atoms with Crippen molar-refractivity contribution in [2.24, 2.45) is 5.16 Å². The Morgan fingerprint density at radius 1 is 1.15 bits per heavy atom. The van der Waals surface area contributed by atoms with Gasteiger partial charge in [0.25, 0.3) is 0 Å². The van der Waals surface area contributed by atoms with E-state index in [0.717, 1.165) is 56.7 Å². The van der Waals surface area contributed by atoms with Crippen LogP contribution in [0.5, 0.6) is 5.75 Å². The van der Waals surface area contributed by atoms with Crippen molar-refractivity contribution >= 4 is 35.0 Å². The Labute approximate surface area is 162 Å². The number of methoxy groups -OCH3 is 1. The molecule has 0 aliphatic carbocycles. The van der Waals surface area contributed by atoms with Crippen LogP contribution < -0.4 is 4.74 Å². The van der Waals surface area contributed by atoms with E-state index in [2.05, 4.69) is 10.1 Å².